The summed E-state index contributed by atoms with van der Waals surface area (Å²) in [5.74, 6) is 0.591. The summed E-state index contributed by atoms with van der Waals surface area (Å²) >= 11 is 0. The molecule has 0 aliphatic carbocycles. The van der Waals surface area contributed by atoms with Gasteiger partial charge in [-0.05, 0) is 18.9 Å². The van der Waals surface area contributed by atoms with Crippen LogP contribution in [-0.4, -0.2) is 30.0 Å². The van der Waals surface area contributed by atoms with Crippen LogP contribution in [0.2, 0.25) is 0 Å². The number of imide groups is 1. The van der Waals surface area contributed by atoms with E-state index in [1.807, 2.05) is 39.0 Å². The first-order chi connectivity index (χ1) is 9.43. The number of hydrogen-bond acceptors (Lipinski definition) is 3. The number of urea groups is 1. The first-order valence-corrected chi connectivity index (χ1v) is 6.69. The average molecular weight is 276 g/mol. The van der Waals surface area contributed by atoms with E-state index in [0.717, 1.165) is 11.1 Å². The maximum absolute atomic E-state index is 12.2. The summed E-state index contributed by atoms with van der Waals surface area (Å²) in [5, 5.41) is 2.72. The maximum Gasteiger partial charge on any atom is 0.325 e. The molecule has 1 heterocycles. The second-order valence-corrected chi connectivity index (χ2v) is 5.41. The maximum atomic E-state index is 12.2. The summed E-state index contributed by atoms with van der Waals surface area (Å²) in [7, 11) is 1.58. The van der Waals surface area contributed by atoms with Gasteiger partial charge in [0.05, 0.1) is 13.7 Å². The molecule has 1 saturated heterocycles. The number of amides is 3. The molecule has 0 saturated carbocycles. The monoisotopic (exact) mass is 276 g/mol. The molecule has 0 radical (unpaired) electrons. The largest absolute Gasteiger partial charge is 0.496 e. The van der Waals surface area contributed by atoms with E-state index >= 15 is 0 Å². The second kappa shape index (κ2) is 5.53. The second-order valence-electron chi connectivity index (χ2n) is 5.41. The van der Waals surface area contributed by atoms with Crippen molar-refractivity contribution in [1.29, 1.82) is 0 Å². The normalized spacial score (nSPS) is 18.6. The predicted molar refractivity (Wildman–Crippen MR) is 75.4 cm³/mol. The SMILES string of the molecule is COc1ccc(C)cc1CN1C(=O)N[C@H](C(C)C)C1=O. The number of nitrogens with zero attached hydrogens (tertiary/aromatic N) is 1. The van der Waals surface area contributed by atoms with Crippen molar-refractivity contribution in [3.8, 4) is 5.75 Å². The molecule has 1 fully saturated rings. The van der Waals surface area contributed by atoms with Crippen LogP contribution in [0.4, 0.5) is 4.79 Å². The molecule has 1 aliphatic heterocycles. The summed E-state index contributed by atoms with van der Waals surface area (Å²) in [4.78, 5) is 25.4. The van der Waals surface area contributed by atoms with Crippen molar-refractivity contribution in [1.82, 2.24) is 10.2 Å². The quantitative estimate of drug-likeness (QED) is 0.857. The van der Waals surface area contributed by atoms with Gasteiger partial charge < -0.3 is 10.1 Å². The third-order valence-corrected chi connectivity index (χ3v) is 3.49. The Bertz CT molecular complexity index is 540. The molecule has 2 rings (SSSR count). The molecule has 3 amide bonds. The van der Waals surface area contributed by atoms with Crippen molar-refractivity contribution in [2.75, 3.05) is 7.11 Å². The summed E-state index contributed by atoms with van der Waals surface area (Å²) in [6.45, 7) is 6.03. The summed E-state index contributed by atoms with van der Waals surface area (Å²) in [6.07, 6.45) is 0. The van der Waals surface area contributed by atoms with E-state index in [1.54, 1.807) is 7.11 Å². The minimum Gasteiger partial charge on any atom is -0.496 e. The molecule has 5 nitrogen and oxygen atoms in total. The van der Waals surface area contributed by atoms with Crippen LogP contribution in [0, 0.1) is 12.8 Å². The smallest absolute Gasteiger partial charge is 0.325 e. The van der Waals surface area contributed by atoms with E-state index in [2.05, 4.69) is 5.32 Å². The molecule has 0 unspecified atom stereocenters. The van der Waals surface area contributed by atoms with Crippen LogP contribution in [0.25, 0.3) is 0 Å². The van der Waals surface area contributed by atoms with Crippen molar-refractivity contribution in [2.24, 2.45) is 5.92 Å². The Morgan fingerprint density at radius 3 is 2.60 bits per heavy atom. The van der Waals surface area contributed by atoms with E-state index < -0.39 is 6.04 Å². The molecule has 1 N–H and O–H groups in total. The van der Waals surface area contributed by atoms with Gasteiger partial charge in [0.2, 0.25) is 0 Å². The lowest BCUT2D eigenvalue weighted by atomic mass is 10.0. The van der Waals surface area contributed by atoms with Crippen molar-refractivity contribution < 1.29 is 14.3 Å². The number of nitrogens with one attached hydrogen (secondary N) is 1. The first kappa shape index (κ1) is 14.4. The van der Waals surface area contributed by atoms with Crippen LogP contribution in [0.1, 0.15) is 25.0 Å². The fourth-order valence-electron chi connectivity index (χ4n) is 2.34. The minimum absolute atomic E-state index is 0.0795. The fourth-order valence-corrected chi connectivity index (χ4v) is 2.34. The minimum atomic E-state index is -0.432. The lowest BCUT2D eigenvalue weighted by Crippen LogP contribution is -2.34. The molecule has 0 aromatic heterocycles. The number of benzene rings is 1. The number of hydrogen-bond donors (Lipinski definition) is 1. The van der Waals surface area contributed by atoms with Gasteiger partial charge in [-0.3, -0.25) is 9.69 Å². The fraction of sp³-hybridized carbons (Fsp3) is 0.467. The molecule has 1 aliphatic rings. The van der Waals surface area contributed by atoms with Gasteiger partial charge in [-0.15, -0.1) is 0 Å². The third-order valence-electron chi connectivity index (χ3n) is 3.49. The Labute approximate surface area is 118 Å². The Morgan fingerprint density at radius 1 is 1.35 bits per heavy atom. The molecule has 20 heavy (non-hydrogen) atoms. The molecule has 108 valence electrons. The molecule has 1 aromatic carbocycles. The zero-order valence-electron chi connectivity index (χ0n) is 12.3. The lowest BCUT2D eigenvalue weighted by Gasteiger charge is -2.16. The van der Waals surface area contributed by atoms with Crippen LogP contribution >= 0.6 is 0 Å². The number of aryl methyl sites for hydroxylation is 1. The van der Waals surface area contributed by atoms with Gasteiger partial charge in [0.15, 0.2) is 0 Å². The first-order valence-electron chi connectivity index (χ1n) is 6.69. The van der Waals surface area contributed by atoms with Gasteiger partial charge in [-0.2, -0.15) is 0 Å². The topological polar surface area (TPSA) is 58.6 Å². The number of ether oxygens (including phenoxy) is 1. The highest BCUT2D eigenvalue weighted by Crippen LogP contribution is 2.24. The standard InChI is InChI=1S/C15H20N2O3/c1-9(2)13-14(18)17(15(19)16-13)8-11-7-10(3)5-6-12(11)20-4/h5-7,9,13H,8H2,1-4H3,(H,16,19)/t13-/m1/s1. The van der Waals surface area contributed by atoms with Gasteiger partial charge in [0.25, 0.3) is 5.91 Å². The Hall–Kier alpha value is -2.04. The van der Waals surface area contributed by atoms with E-state index in [1.165, 1.54) is 4.90 Å². The van der Waals surface area contributed by atoms with Crippen LogP contribution in [-0.2, 0) is 11.3 Å². The third kappa shape index (κ3) is 2.61. The zero-order valence-corrected chi connectivity index (χ0v) is 12.3. The van der Waals surface area contributed by atoms with E-state index in [9.17, 15) is 9.59 Å². The molecule has 0 bridgehead atoms. The Morgan fingerprint density at radius 2 is 2.05 bits per heavy atom. The number of carbonyl (C=O) groups excluding carboxylic acids is 2. The van der Waals surface area contributed by atoms with Crippen LogP contribution in [0.5, 0.6) is 5.75 Å². The van der Waals surface area contributed by atoms with E-state index in [4.69, 9.17) is 4.74 Å². The summed E-state index contributed by atoms with van der Waals surface area (Å²) < 4.78 is 5.29. The number of methoxy groups -OCH3 is 1. The molecule has 1 atom stereocenters. The molecular weight excluding hydrogens is 256 g/mol. The highest BCUT2D eigenvalue weighted by atomic mass is 16.5. The van der Waals surface area contributed by atoms with Gasteiger partial charge in [-0.1, -0.05) is 31.5 Å². The molecular formula is C15H20N2O3. The average Bonchev–Trinajstić information content (AvgIpc) is 2.67. The highest BCUT2D eigenvalue weighted by molar-refractivity contribution is 6.04. The van der Waals surface area contributed by atoms with E-state index in [-0.39, 0.29) is 24.4 Å². The molecule has 5 heteroatoms. The van der Waals surface area contributed by atoms with Crippen LogP contribution < -0.4 is 10.1 Å². The lowest BCUT2D eigenvalue weighted by molar-refractivity contribution is -0.128. The Kier molecular flexibility index (Phi) is 3.97. The summed E-state index contributed by atoms with van der Waals surface area (Å²) in [5.41, 5.74) is 1.90. The summed E-state index contributed by atoms with van der Waals surface area (Å²) in [6, 6.07) is 4.95. The molecule has 0 spiro atoms. The molecule has 1 aromatic rings. The number of carbonyl (C=O) groups is 2. The van der Waals surface area contributed by atoms with Crippen molar-refractivity contribution in [3.05, 3.63) is 29.3 Å². The Balaban J connectivity index is 2.24. The van der Waals surface area contributed by atoms with Crippen molar-refractivity contribution in [2.45, 2.75) is 33.4 Å². The van der Waals surface area contributed by atoms with Gasteiger partial charge in [0.1, 0.15) is 11.8 Å². The van der Waals surface area contributed by atoms with Crippen molar-refractivity contribution in [3.63, 3.8) is 0 Å². The van der Waals surface area contributed by atoms with Crippen molar-refractivity contribution >= 4 is 11.9 Å². The van der Waals surface area contributed by atoms with Gasteiger partial charge >= 0.3 is 6.03 Å². The van der Waals surface area contributed by atoms with Crippen LogP contribution in [0.3, 0.4) is 0 Å². The zero-order chi connectivity index (χ0) is 14.9. The number of rotatable bonds is 4. The van der Waals surface area contributed by atoms with Gasteiger partial charge in [0, 0.05) is 5.56 Å². The predicted octanol–water partition coefficient (Wildman–Crippen LogP) is 2.08. The van der Waals surface area contributed by atoms with Crippen LogP contribution in [0.15, 0.2) is 18.2 Å². The van der Waals surface area contributed by atoms with E-state index in [0.29, 0.717) is 5.75 Å². The van der Waals surface area contributed by atoms with Gasteiger partial charge in [-0.25, -0.2) is 4.79 Å². The highest BCUT2D eigenvalue weighted by Gasteiger charge is 2.39.